The summed E-state index contributed by atoms with van der Waals surface area (Å²) in [6.45, 7) is 1.57. The van der Waals surface area contributed by atoms with Crippen LogP contribution in [0, 0.1) is 6.92 Å². The standard InChI is InChI=1S/C19H15F3N2O4/c1-11-3-4-13(9-15(11)26-2)18(25)27-10-16-23-17(24-28-16)12-5-7-14(8-6-12)19(20,21)22/h3-9H,10H2,1-2H3. The first-order chi connectivity index (χ1) is 13.3. The van der Waals surface area contributed by atoms with Crippen LogP contribution in [-0.4, -0.2) is 23.2 Å². The van der Waals surface area contributed by atoms with E-state index in [0.29, 0.717) is 16.9 Å². The highest BCUT2D eigenvalue weighted by Gasteiger charge is 2.30. The first kappa shape index (κ1) is 19.4. The highest BCUT2D eigenvalue weighted by atomic mass is 19.4. The number of carbonyl (C=O) groups excluding carboxylic acids is 1. The Morgan fingerprint density at radius 3 is 2.50 bits per heavy atom. The molecular weight excluding hydrogens is 377 g/mol. The number of ether oxygens (including phenoxy) is 2. The molecule has 9 heteroatoms. The maximum atomic E-state index is 12.6. The highest BCUT2D eigenvalue weighted by molar-refractivity contribution is 5.90. The van der Waals surface area contributed by atoms with Gasteiger partial charge < -0.3 is 14.0 Å². The van der Waals surface area contributed by atoms with Crippen LogP contribution in [0.4, 0.5) is 13.2 Å². The molecule has 0 unspecified atom stereocenters. The lowest BCUT2D eigenvalue weighted by Gasteiger charge is -2.07. The minimum atomic E-state index is -4.42. The molecule has 0 radical (unpaired) electrons. The fourth-order valence-corrected chi connectivity index (χ4v) is 2.40. The van der Waals surface area contributed by atoms with Crippen LogP contribution in [-0.2, 0) is 17.5 Å². The number of hydrogen-bond acceptors (Lipinski definition) is 6. The summed E-state index contributed by atoms with van der Waals surface area (Å²) >= 11 is 0. The largest absolute Gasteiger partial charge is 0.496 e. The lowest BCUT2D eigenvalue weighted by Crippen LogP contribution is -2.06. The van der Waals surface area contributed by atoms with Crippen molar-refractivity contribution in [3.63, 3.8) is 0 Å². The molecule has 28 heavy (non-hydrogen) atoms. The second kappa shape index (κ2) is 7.71. The van der Waals surface area contributed by atoms with E-state index >= 15 is 0 Å². The van der Waals surface area contributed by atoms with Gasteiger partial charge in [-0.05, 0) is 36.8 Å². The molecule has 0 amide bonds. The molecule has 0 saturated carbocycles. The molecule has 6 nitrogen and oxygen atoms in total. The number of halogens is 3. The molecule has 0 aliphatic rings. The lowest BCUT2D eigenvalue weighted by atomic mass is 10.1. The van der Waals surface area contributed by atoms with E-state index in [9.17, 15) is 18.0 Å². The molecule has 0 aliphatic carbocycles. The normalized spacial score (nSPS) is 11.3. The van der Waals surface area contributed by atoms with Gasteiger partial charge in [-0.1, -0.05) is 23.4 Å². The smallest absolute Gasteiger partial charge is 0.416 e. The van der Waals surface area contributed by atoms with Gasteiger partial charge in [0.25, 0.3) is 5.89 Å². The number of aryl methyl sites for hydroxylation is 1. The van der Waals surface area contributed by atoms with Crippen LogP contribution in [0.5, 0.6) is 5.75 Å². The van der Waals surface area contributed by atoms with Gasteiger partial charge >= 0.3 is 12.1 Å². The van der Waals surface area contributed by atoms with Gasteiger partial charge in [0.2, 0.25) is 5.82 Å². The van der Waals surface area contributed by atoms with E-state index in [1.54, 1.807) is 18.2 Å². The Morgan fingerprint density at radius 2 is 1.86 bits per heavy atom. The van der Waals surface area contributed by atoms with E-state index < -0.39 is 17.7 Å². The average Bonchev–Trinajstić information content (AvgIpc) is 3.15. The van der Waals surface area contributed by atoms with Gasteiger partial charge in [0, 0.05) is 5.56 Å². The summed E-state index contributed by atoms with van der Waals surface area (Å²) in [4.78, 5) is 16.2. The fraction of sp³-hybridized carbons (Fsp3) is 0.211. The molecule has 0 fully saturated rings. The number of nitrogens with zero attached hydrogens (tertiary/aromatic N) is 2. The Labute approximate surface area is 157 Å². The zero-order valence-corrected chi connectivity index (χ0v) is 14.9. The molecular formula is C19H15F3N2O4. The first-order valence-corrected chi connectivity index (χ1v) is 8.10. The summed E-state index contributed by atoms with van der Waals surface area (Å²) in [5.41, 5.74) is 0.738. The molecule has 0 atom stereocenters. The monoisotopic (exact) mass is 392 g/mol. The van der Waals surface area contributed by atoms with Gasteiger partial charge in [0.1, 0.15) is 5.75 Å². The average molecular weight is 392 g/mol. The third kappa shape index (κ3) is 4.30. The van der Waals surface area contributed by atoms with Gasteiger partial charge in [0.05, 0.1) is 18.2 Å². The van der Waals surface area contributed by atoms with Crippen molar-refractivity contribution in [2.45, 2.75) is 19.7 Å². The van der Waals surface area contributed by atoms with Crippen molar-refractivity contribution in [1.29, 1.82) is 0 Å². The summed E-state index contributed by atoms with van der Waals surface area (Å²) in [7, 11) is 1.50. The number of hydrogen-bond donors (Lipinski definition) is 0. The lowest BCUT2D eigenvalue weighted by molar-refractivity contribution is -0.137. The Balaban J connectivity index is 1.65. The second-order valence-corrected chi connectivity index (χ2v) is 5.85. The van der Waals surface area contributed by atoms with Crippen LogP contribution in [0.3, 0.4) is 0 Å². The van der Waals surface area contributed by atoms with Gasteiger partial charge in [-0.15, -0.1) is 0 Å². The molecule has 2 aromatic carbocycles. The van der Waals surface area contributed by atoms with Crippen molar-refractivity contribution >= 4 is 5.97 Å². The van der Waals surface area contributed by atoms with Crippen LogP contribution in [0.25, 0.3) is 11.4 Å². The summed E-state index contributed by atoms with van der Waals surface area (Å²) in [5.74, 6) is 0.0588. The quantitative estimate of drug-likeness (QED) is 0.598. The molecule has 0 N–H and O–H groups in total. The minimum absolute atomic E-state index is 0.0160. The summed E-state index contributed by atoms with van der Waals surface area (Å²) in [6, 6.07) is 9.21. The molecule has 0 spiro atoms. The molecule has 0 aliphatic heterocycles. The summed E-state index contributed by atoms with van der Waals surface area (Å²) < 4.78 is 53.1. The number of carbonyl (C=O) groups is 1. The number of esters is 1. The number of aromatic nitrogens is 2. The van der Waals surface area contributed by atoms with Crippen LogP contribution in [0.15, 0.2) is 47.0 Å². The molecule has 146 valence electrons. The zero-order chi connectivity index (χ0) is 20.3. The first-order valence-electron chi connectivity index (χ1n) is 8.10. The van der Waals surface area contributed by atoms with E-state index in [-0.39, 0.29) is 18.3 Å². The second-order valence-electron chi connectivity index (χ2n) is 5.85. The Morgan fingerprint density at radius 1 is 1.14 bits per heavy atom. The molecule has 1 heterocycles. The van der Waals surface area contributed by atoms with Crippen LogP contribution in [0.2, 0.25) is 0 Å². The molecule has 0 saturated heterocycles. The van der Waals surface area contributed by atoms with Gasteiger partial charge in [-0.3, -0.25) is 0 Å². The molecule has 3 aromatic rings. The molecule has 1 aromatic heterocycles. The Bertz CT molecular complexity index is 982. The molecule has 3 rings (SSSR count). The number of rotatable bonds is 5. The topological polar surface area (TPSA) is 74.5 Å². The zero-order valence-electron chi connectivity index (χ0n) is 14.9. The SMILES string of the molecule is COc1cc(C(=O)OCc2nc(-c3ccc(C(F)(F)F)cc3)no2)ccc1C. The number of alkyl halides is 3. The van der Waals surface area contributed by atoms with Crippen molar-refractivity contribution in [3.05, 3.63) is 65.0 Å². The third-order valence-electron chi connectivity index (χ3n) is 3.91. The summed E-state index contributed by atoms with van der Waals surface area (Å²) in [5, 5.41) is 3.69. The predicted octanol–water partition coefficient (Wildman–Crippen LogP) is 4.43. The molecule has 0 bridgehead atoms. The summed E-state index contributed by atoms with van der Waals surface area (Å²) in [6.07, 6.45) is -4.42. The maximum absolute atomic E-state index is 12.6. The number of benzene rings is 2. The highest BCUT2D eigenvalue weighted by Crippen LogP contribution is 2.30. The van der Waals surface area contributed by atoms with Crippen LogP contribution in [0.1, 0.15) is 27.4 Å². The van der Waals surface area contributed by atoms with E-state index in [2.05, 4.69) is 10.1 Å². The fourth-order valence-electron chi connectivity index (χ4n) is 2.40. The van der Waals surface area contributed by atoms with Crippen molar-refractivity contribution in [3.8, 4) is 17.1 Å². The minimum Gasteiger partial charge on any atom is -0.496 e. The van der Waals surface area contributed by atoms with Gasteiger partial charge in [-0.25, -0.2) is 4.79 Å². The van der Waals surface area contributed by atoms with Crippen molar-refractivity contribution in [1.82, 2.24) is 10.1 Å². The maximum Gasteiger partial charge on any atom is 0.416 e. The Kier molecular flexibility index (Phi) is 5.34. The number of methoxy groups -OCH3 is 1. The van der Waals surface area contributed by atoms with E-state index in [0.717, 1.165) is 17.7 Å². The van der Waals surface area contributed by atoms with Crippen molar-refractivity contribution < 1.29 is 32.0 Å². The van der Waals surface area contributed by atoms with Crippen LogP contribution < -0.4 is 4.74 Å². The van der Waals surface area contributed by atoms with Gasteiger partial charge in [0.15, 0.2) is 6.61 Å². The van der Waals surface area contributed by atoms with Crippen molar-refractivity contribution in [2.75, 3.05) is 7.11 Å². The predicted molar refractivity (Wildman–Crippen MR) is 91.6 cm³/mol. The van der Waals surface area contributed by atoms with E-state index in [4.69, 9.17) is 14.0 Å². The Hall–Kier alpha value is -3.36. The third-order valence-corrected chi connectivity index (χ3v) is 3.91. The van der Waals surface area contributed by atoms with Crippen LogP contribution >= 0.6 is 0 Å². The van der Waals surface area contributed by atoms with Crippen molar-refractivity contribution in [2.24, 2.45) is 0 Å². The van der Waals surface area contributed by atoms with Gasteiger partial charge in [-0.2, -0.15) is 18.2 Å². The van der Waals surface area contributed by atoms with E-state index in [1.807, 2.05) is 6.92 Å². The van der Waals surface area contributed by atoms with E-state index in [1.165, 1.54) is 19.2 Å².